The van der Waals surface area contributed by atoms with E-state index in [0.29, 0.717) is 30.2 Å². The Balaban J connectivity index is 2.46. The second kappa shape index (κ2) is 7.20. The summed E-state index contributed by atoms with van der Waals surface area (Å²) in [6, 6.07) is 4.92. The van der Waals surface area contributed by atoms with E-state index in [2.05, 4.69) is 0 Å². The lowest BCUT2D eigenvalue weighted by Crippen LogP contribution is -2.09. The van der Waals surface area contributed by atoms with Gasteiger partial charge in [0.2, 0.25) is 0 Å². The molecule has 0 aromatic heterocycles. The Bertz CT molecular complexity index is 501. The highest BCUT2D eigenvalue weighted by atomic mass is 32.2. The number of rotatable bonds is 8. The average Bonchev–Trinajstić information content (AvgIpc) is 2.32. The zero-order valence-corrected chi connectivity index (χ0v) is 11.2. The first-order valence-electron chi connectivity index (χ1n) is 5.73. The lowest BCUT2D eigenvalue weighted by atomic mass is 10.3. The highest BCUT2D eigenvalue weighted by molar-refractivity contribution is 7.85. The van der Waals surface area contributed by atoms with Gasteiger partial charge in [-0.05, 0) is 31.9 Å². The number of ether oxygens (including phenoxy) is 2. The molecule has 3 N–H and O–H groups in total. The first kappa shape index (κ1) is 15.6. The van der Waals surface area contributed by atoms with Crippen LogP contribution in [0.1, 0.15) is 12.8 Å². The first-order chi connectivity index (χ1) is 8.92. The van der Waals surface area contributed by atoms with Crippen LogP contribution >= 0.6 is 0 Å². The van der Waals surface area contributed by atoms with Gasteiger partial charge in [0.1, 0.15) is 11.5 Å². The molecule has 0 atom stereocenters. The Morgan fingerprint density at radius 1 is 1.26 bits per heavy atom. The summed E-state index contributed by atoms with van der Waals surface area (Å²) in [5.41, 5.74) is 6.15. The van der Waals surface area contributed by atoms with Crippen molar-refractivity contribution in [1.29, 1.82) is 0 Å². The summed E-state index contributed by atoms with van der Waals surface area (Å²) in [6.07, 6.45) is 0.595. The molecule has 0 aliphatic heterocycles. The largest absolute Gasteiger partial charge is 0.494 e. The van der Waals surface area contributed by atoms with Crippen LogP contribution in [0, 0.1) is 6.92 Å². The van der Waals surface area contributed by atoms with Crippen LogP contribution in [0.15, 0.2) is 18.2 Å². The smallest absolute Gasteiger partial charge is 0.264 e. The maximum atomic E-state index is 10.5. The molecule has 0 spiro atoms. The quantitative estimate of drug-likeness (QED) is 0.426. The molecule has 106 valence electrons. The van der Waals surface area contributed by atoms with Crippen molar-refractivity contribution in [2.45, 2.75) is 12.8 Å². The molecule has 7 heteroatoms. The molecule has 1 aromatic carbocycles. The van der Waals surface area contributed by atoms with Crippen molar-refractivity contribution in [1.82, 2.24) is 0 Å². The zero-order chi connectivity index (χ0) is 14.3. The Labute approximate surface area is 113 Å². The molecule has 0 saturated carbocycles. The summed E-state index contributed by atoms with van der Waals surface area (Å²) >= 11 is 0. The van der Waals surface area contributed by atoms with Gasteiger partial charge in [-0.1, -0.05) is 0 Å². The third-order valence-corrected chi connectivity index (χ3v) is 2.98. The Hall–Kier alpha value is -1.47. The lowest BCUT2D eigenvalue weighted by Gasteiger charge is -2.10. The molecule has 0 unspecified atom stereocenters. The van der Waals surface area contributed by atoms with Crippen molar-refractivity contribution in [2.75, 3.05) is 24.7 Å². The van der Waals surface area contributed by atoms with E-state index in [4.69, 9.17) is 26.7 Å². The fraction of sp³-hybridized carbons (Fsp3) is 0.417. The number of hydrogen-bond acceptors (Lipinski definition) is 5. The lowest BCUT2D eigenvalue weighted by molar-refractivity contribution is 0.312. The predicted molar refractivity (Wildman–Crippen MR) is 71.8 cm³/mol. The maximum Gasteiger partial charge on any atom is 0.264 e. The molecule has 19 heavy (non-hydrogen) atoms. The normalized spacial score (nSPS) is 11.3. The van der Waals surface area contributed by atoms with Crippen LogP contribution in [0.4, 0.5) is 5.69 Å². The maximum absolute atomic E-state index is 10.5. The van der Waals surface area contributed by atoms with Crippen molar-refractivity contribution >= 4 is 15.8 Å². The summed E-state index contributed by atoms with van der Waals surface area (Å²) in [5.74, 6) is 0.689. The van der Waals surface area contributed by atoms with Gasteiger partial charge in [0, 0.05) is 6.07 Å². The van der Waals surface area contributed by atoms with E-state index >= 15 is 0 Å². The van der Waals surface area contributed by atoms with Crippen molar-refractivity contribution < 1.29 is 22.4 Å². The number of anilines is 1. The number of nitrogens with two attached hydrogens (primary N) is 1. The van der Waals surface area contributed by atoms with E-state index in [1.54, 1.807) is 18.2 Å². The fourth-order valence-corrected chi connectivity index (χ4v) is 1.83. The topological polar surface area (TPSA) is 98.8 Å². The minimum absolute atomic E-state index is 0.146. The van der Waals surface area contributed by atoms with E-state index in [1.807, 2.05) is 0 Å². The van der Waals surface area contributed by atoms with Crippen LogP contribution in [0.5, 0.6) is 11.5 Å². The van der Waals surface area contributed by atoms with Crippen LogP contribution in [0.25, 0.3) is 0 Å². The second-order valence-electron chi connectivity index (χ2n) is 3.82. The van der Waals surface area contributed by atoms with Crippen molar-refractivity contribution in [3.05, 3.63) is 25.1 Å². The van der Waals surface area contributed by atoms with Gasteiger partial charge in [-0.3, -0.25) is 4.55 Å². The van der Waals surface area contributed by atoms with Gasteiger partial charge in [0.15, 0.2) is 0 Å². The molecule has 0 aliphatic carbocycles. The molecule has 6 nitrogen and oxygen atoms in total. The van der Waals surface area contributed by atoms with Crippen LogP contribution in [0.3, 0.4) is 0 Å². The Kier molecular flexibility index (Phi) is 5.91. The zero-order valence-electron chi connectivity index (χ0n) is 10.4. The molecule has 0 fully saturated rings. The number of benzene rings is 1. The standard InChI is InChI=1S/C12H17NO5S/c1-2-6-17-10-4-5-12(11(13)9-10)18-7-3-8-19(14,15)16/h1,4-5,9H,2-3,6-8,13H2,(H,14,15,16). The second-order valence-corrected chi connectivity index (χ2v) is 5.40. The molecule has 0 aliphatic rings. The van der Waals surface area contributed by atoms with Crippen molar-refractivity contribution in [3.63, 3.8) is 0 Å². The summed E-state index contributed by atoms with van der Waals surface area (Å²) in [4.78, 5) is 0. The highest BCUT2D eigenvalue weighted by Gasteiger charge is 2.06. The van der Waals surface area contributed by atoms with Crippen LogP contribution in [-0.4, -0.2) is 31.9 Å². The van der Waals surface area contributed by atoms with Gasteiger partial charge < -0.3 is 15.2 Å². The van der Waals surface area contributed by atoms with Gasteiger partial charge in [-0.15, -0.1) is 0 Å². The fourth-order valence-electron chi connectivity index (χ4n) is 1.35. The van der Waals surface area contributed by atoms with Crippen molar-refractivity contribution in [3.8, 4) is 11.5 Å². The highest BCUT2D eigenvalue weighted by Crippen LogP contribution is 2.26. The Morgan fingerprint density at radius 2 is 2.00 bits per heavy atom. The minimum atomic E-state index is -3.95. The molecular weight excluding hydrogens is 270 g/mol. The van der Waals surface area contributed by atoms with Crippen LogP contribution in [-0.2, 0) is 10.1 Å². The Morgan fingerprint density at radius 3 is 2.58 bits per heavy atom. The molecule has 1 rings (SSSR count). The summed E-state index contributed by atoms with van der Waals surface area (Å²) in [7, 11) is -3.95. The van der Waals surface area contributed by atoms with E-state index in [9.17, 15) is 8.42 Å². The van der Waals surface area contributed by atoms with Crippen molar-refractivity contribution in [2.24, 2.45) is 0 Å². The van der Waals surface area contributed by atoms with E-state index < -0.39 is 10.1 Å². The van der Waals surface area contributed by atoms with E-state index in [0.717, 1.165) is 0 Å². The number of hydrogen-bond donors (Lipinski definition) is 2. The number of nitrogen functional groups attached to an aromatic ring is 1. The SMILES string of the molecule is [CH]CCOc1ccc(OCCCS(=O)(=O)O)c(N)c1. The predicted octanol–water partition coefficient (Wildman–Crippen LogP) is 1.41. The third kappa shape index (κ3) is 6.30. The van der Waals surface area contributed by atoms with Crippen LogP contribution in [0.2, 0.25) is 0 Å². The molecule has 0 amide bonds. The molecule has 0 heterocycles. The first-order valence-corrected chi connectivity index (χ1v) is 7.33. The van der Waals surface area contributed by atoms with Crippen LogP contribution < -0.4 is 15.2 Å². The molecule has 1 aromatic rings. The molecule has 0 saturated heterocycles. The van der Waals surface area contributed by atoms with Gasteiger partial charge in [-0.2, -0.15) is 8.42 Å². The monoisotopic (exact) mass is 287 g/mol. The van der Waals surface area contributed by atoms with Gasteiger partial charge in [-0.25, -0.2) is 0 Å². The molecular formula is C12H17NO5S. The third-order valence-electron chi connectivity index (χ3n) is 2.17. The van der Waals surface area contributed by atoms with E-state index in [-0.39, 0.29) is 18.8 Å². The minimum Gasteiger partial charge on any atom is -0.494 e. The molecule has 0 bridgehead atoms. The summed E-state index contributed by atoms with van der Waals surface area (Å²) in [6.45, 7) is 5.85. The van der Waals surface area contributed by atoms with Gasteiger partial charge in [0.05, 0.1) is 24.7 Å². The molecule has 2 radical (unpaired) electrons. The van der Waals surface area contributed by atoms with E-state index in [1.165, 1.54) is 0 Å². The average molecular weight is 287 g/mol. The van der Waals surface area contributed by atoms with Gasteiger partial charge in [0.25, 0.3) is 10.1 Å². The summed E-state index contributed by atoms with van der Waals surface area (Å²) < 4.78 is 40.2. The van der Waals surface area contributed by atoms with Gasteiger partial charge >= 0.3 is 0 Å². The summed E-state index contributed by atoms with van der Waals surface area (Å²) in [5, 5.41) is 0.